The summed E-state index contributed by atoms with van der Waals surface area (Å²) in [5.41, 5.74) is 6.46. The van der Waals surface area contributed by atoms with Gasteiger partial charge in [0.1, 0.15) is 0 Å². The Morgan fingerprint density at radius 2 is 1.88 bits per heavy atom. The smallest absolute Gasteiger partial charge is 0.0359 e. The average Bonchev–Trinajstić information content (AvgIpc) is 2.27. The topological polar surface area (TPSA) is 29.3 Å². The fraction of sp³-hybridized carbons (Fsp3) is 1.00. The van der Waals surface area contributed by atoms with Gasteiger partial charge in [0.15, 0.2) is 0 Å². The molecule has 1 aliphatic carbocycles. The van der Waals surface area contributed by atoms with Crippen LogP contribution >= 0.6 is 0 Å². The number of nitrogens with zero attached hydrogens (tertiary/aromatic N) is 1. The van der Waals surface area contributed by atoms with Gasteiger partial charge < -0.3 is 5.73 Å². The molecule has 0 bridgehead atoms. The number of hydrogen-bond acceptors (Lipinski definition) is 2. The van der Waals surface area contributed by atoms with Gasteiger partial charge in [0, 0.05) is 18.6 Å². The van der Waals surface area contributed by atoms with E-state index in [4.69, 9.17) is 5.73 Å². The van der Waals surface area contributed by atoms with Crippen LogP contribution in [0.4, 0.5) is 0 Å². The number of nitrogens with two attached hydrogens (primary N) is 1. The van der Waals surface area contributed by atoms with Gasteiger partial charge in [-0.1, -0.05) is 40.5 Å². The van der Waals surface area contributed by atoms with Gasteiger partial charge in [0.2, 0.25) is 0 Å². The largest absolute Gasteiger partial charge is 0.329 e. The molecule has 1 aliphatic rings. The van der Waals surface area contributed by atoms with Crippen LogP contribution in [0.2, 0.25) is 0 Å². The molecule has 1 fully saturated rings. The molecule has 2 nitrogen and oxygen atoms in total. The van der Waals surface area contributed by atoms with Crippen molar-refractivity contribution in [3.63, 3.8) is 0 Å². The van der Waals surface area contributed by atoms with Gasteiger partial charge in [-0.05, 0) is 37.6 Å². The molecule has 2 heteroatoms. The first kappa shape index (κ1) is 15.0. The SMILES string of the molecule is CC(C)CN(C)C1(CN)CCCCC1C(C)C. The fourth-order valence-electron chi connectivity index (χ4n) is 3.82. The van der Waals surface area contributed by atoms with Crippen LogP contribution in [0.1, 0.15) is 53.4 Å². The summed E-state index contributed by atoms with van der Waals surface area (Å²) in [5.74, 6) is 2.23. The minimum absolute atomic E-state index is 0.261. The Hall–Kier alpha value is -0.0800. The van der Waals surface area contributed by atoms with E-state index >= 15 is 0 Å². The van der Waals surface area contributed by atoms with Crippen molar-refractivity contribution in [1.82, 2.24) is 4.90 Å². The Balaban J connectivity index is 2.88. The molecular formula is C15H32N2. The van der Waals surface area contributed by atoms with E-state index in [1.165, 1.54) is 32.2 Å². The van der Waals surface area contributed by atoms with Crippen molar-refractivity contribution in [3.8, 4) is 0 Å². The molecule has 0 aromatic rings. The highest BCUT2D eigenvalue weighted by Gasteiger charge is 2.43. The summed E-state index contributed by atoms with van der Waals surface area (Å²) in [6.45, 7) is 11.3. The lowest BCUT2D eigenvalue weighted by atomic mass is 9.67. The van der Waals surface area contributed by atoms with Crippen molar-refractivity contribution in [2.45, 2.75) is 58.9 Å². The number of rotatable bonds is 5. The van der Waals surface area contributed by atoms with Gasteiger partial charge in [-0.3, -0.25) is 4.90 Å². The second-order valence-electron chi connectivity index (χ2n) is 6.68. The lowest BCUT2D eigenvalue weighted by Crippen LogP contribution is -2.60. The van der Waals surface area contributed by atoms with Crippen LogP contribution in [-0.2, 0) is 0 Å². The van der Waals surface area contributed by atoms with E-state index in [2.05, 4.69) is 39.6 Å². The van der Waals surface area contributed by atoms with Crippen molar-refractivity contribution in [3.05, 3.63) is 0 Å². The van der Waals surface area contributed by atoms with E-state index in [-0.39, 0.29) is 5.54 Å². The van der Waals surface area contributed by atoms with Crippen molar-refractivity contribution in [2.24, 2.45) is 23.5 Å². The van der Waals surface area contributed by atoms with E-state index in [9.17, 15) is 0 Å². The summed E-state index contributed by atoms with van der Waals surface area (Å²) < 4.78 is 0. The molecule has 2 unspecified atom stereocenters. The Bertz CT molecular complexity index is 225. The molecular weight excluding hydrogens is 208 g/mol. The summed E-state index contributed by atoms with van der Waals surface area (Å²) in [6.07, 6.45) is 5.38. The third kappa shape index (κ3) is 3.23. The second kappa shape index (κ2) is 6.19. The van der Waals surface area contributed by atoms with E-state index < -0.39 is 0 Å². The lowest BCUT2D eigenvalue weighted by molar-refractivity contribution is -0.00288. The third-order valence-corrected chi connectivity index (χ3v) is 4.62. The van der Waals surface area contributed by atoms with Gasteiger partial charge in [-0.15, -0.1) is 0 Å². The van der Waals surface area contributed by atoms with Crippen molar-refractivity contribution in [1.29, 1.82) is 0 Å². The normalized spacial score (nSPS) is 30.5. The van der Waals surface area contributed by atoms with Gasteiger partial charge in [0.25, 0.3) is 0 Å². The van der Waals surface area contributed by atoms with Crippen LogP contribution in [0.3, 0.4) is 0 Å². The van der Waals surface area contributed by atoms with Crippen molar-refractivity contribution < 1.29 is 0 Å². The summed E-state index contributed by atoms with van der Waals surface area (Å²) >= 11 is 0. The lowest BCUT2D eigenvalue weighted by Gasteiger charge is -2.52. The predicted octanol–water partition coefficient (Wildman–Crippen LogP) is 3.12. The van der Waals surface area contributed by atoms with Crippen molar-refractivity contribution >= 4 is 0 Å². The van der Waals surface area contributed by atoms with Crippen LogP contribution in [-0.4, -0.2) is 30.6 Å². The van der Waals surface area contributed by atoms with Crippen LogP contribution in [0, 0.1) is 17.8 Å². The quantitative estimate of drug-likeness (QED) is 0.800. The zero-order valence-corrected chi connectivity index (χ0v) is 12.5. The molecule has 0 amide bonds. The summed E-state index contributed by atoms with van der Waals surface area (Å²) in [6, 6.07) is 0. The highest BCUT2D eigenvalue weighted by Crippen LogP contribution is 2.41. The molecule has 0 aromatic heterocycles. The summed E-state index contributed by atoms with van der Waals surface area (Å²) in [5, 5.41) is 0. The first-order valence-corrected chi connectivity index (χ1v) is 7.35. The summed E-state index contributed by atoms with van der Waals surface area (Å²) in [4.78, 5) is 2.57. The predicted molar refractivity (Wildman–Crippen MR) is 76.0 cm³/mol. The molecule has 1 saturated carbocycles. The minimum atomic E-state index is 0.261. The zero-order chi connectivity index (χ0) is 13.1. The number of hydrogen-bond donors (Lipinski definition) is 1. The van der Waals surface area contributed by atoms with Gasteiger partial charge in [-0.2, -0.15) is 0 Å². The van der Waals surface area contributed by atoms with Crippen molar-refractivity contribution in [2.75, 3.05) is 20.1 Å². The van der Waals surface area contributed by atoms with Gasteiger partial charge >= 0.3 is 0 Å². The molecule has 0 spiro atoms. The van der Waals surface area contributed by atoms with E-state index in [0.29, 0.717) is 0 Å². The van der Waals surface area contributed by atoms with Gasteiger partial charge in [-0.25, -0.2) is 0 Å². The maximum absolute atomic E-state index is 6.20. The standard InChI is InChI=1S/C15H32N2/c1-12(2)10-17(5)15(11-16)9-7-6-8-14(15)13(3)4/h12-14H,6-11,16H2,1-5H3. The third-order valence-electron chi connectivity index (χ3n) is 4.62. The Morgan fingerprint density at radius 1 is 1.24 bits per heavy atom. The second-order valence-corrected chi connectivity index (χ2v) is 6.68. The first-order chi connectivity index (χ1) is 7.94. The van der Waals surface area contributed by atoms with E-state index in [0.717, 1.165) is 24.3 Å². The molecule has 0 radical (unpaired) electrons. The molecule has 17 heavy (non-hydrogen) atoms. The fourth-order valence-corrected chi connectivity index (χ4v) is 3.82. The molecule has 102 valence electrons. The molecule has 2 atom stereocenters. The molecule has 1 rings (SSSR count). The van der Waals surface area contributed by atoms with Gasteiger partial charge in [0.05, 0.1) is 0 Å². The summed E-state index contributed by atoms with van der Waals surface area (Å²) in [7, 11) is 2.29. The van der Waals surface area contributed by atoms with E-state index in [1.807, 2.05) is 0 Å². The highest BCUT2D eigenvalue weighted by molar-refractivity contribution is 5.00. The van der Waals surface area contributed by atoms with E-state index in [1.54, 1.807) is 0 Å². The van der Waals surface area contributed by atoms with Crippen LogP contribution < -0.4 is 5.73 Å². The van der Waals surface area contributed by atoms with Crippen LogP contribution in [0.15, 0.2) is 0 Å². The zero-order valence-electron chi connectivity index (χ0n) is 12.5. The monoisotopic (exact) mass is 240 g/mol. The molecule has 0 heterocycles. The highest BCUT2D eigenvalue weighted by atomic mass is 15.2. The first-order valence-electron chi connectivity index (χ1n) is 7.35. The van der Waals surface area contributed by atoms with Crippen LogP contribution in [0.25, 0.3) is 0 Å². The average molecular weight is 240 g/mol. The van der Waals surface area contributed by atoms with Crippen LogP contribution in [0.5, 0.6) is 0 Å². The molecule has 0 aromatic carbocycles. The molecule has 2 N–H and O–H groups in total. The molecule has 0 aliphatic heterocycles. The number of likely N-dealkylation sites (N-methyl/N-ethyl adjacent to an activating group) is 1. The Labute approximate surface area is 108 Å². The maximum Gasteiger partial charge on any atom is 0.0359 e. The Kier molecular flexibility index (Phi) is 5.46. The maximum atomic E-state index is 6.20. The minimum Gasteiger partial charge on any atom is -0.329 e. The molecule has 0 saturated heterocycles. The Morgan fingerprint density at radius 3 is 2.35 bits per heavy atom.